The molecule has 0 bridgehead atoms. The van der Waals surface area contributed by atoms with E-state index in [2.05, 4.69) is 0 Å². The van der Waals surface area contributed by atoms with Crippen LogP contribution in [0.5, 0.6) is 17.2 Å². The highest BCUT2D eigenvalue weighted by atomic mass is 35.5. The van der Waals surface area contributed by atoms with Gasteiger partial charge in [-0.15, -0.1) is 0 Å². The number of fused-ring (bicyclic) bond motifs is 2. The van der Waals surface area contributed by atoms with Crippen molar-refractivity contribution in [3.8, 4) is 17.2 Å². The summed E-state index contributed by atoms with van der Waals surface area (Å²) in [4.78, 5) is 25.6. The first-order chi connectivity index (χ1) is 15.9. The Bertz CT molecular complexity index is 1340. The van der Waals surface area contributed by atoms with Crippen molar-refractivity contribution in [3.05, 3.63) is 92.2 Å². The Hall–Kier alpha value is -3.32. The summed E-state index contributed by atoms with van der Waals surface area (Å²) in [5, 5.41) is 0.776. The van der Waals surface area contributed by atoms with Gasteiger partial charge < -0.3 is 18.9 Å². The minimum Gasteiger partial charge on any atom is -0.467 e. The Morgan fingerprint density at radius 1 is 1.09 bits per heavy atom. The number of carbonyl (C=O) groups excluding carboxylic acids is 2. The van der Waals surface area contributed by atoms with Gasteiger partial charge in [-0.2, -0.15) is 0 Å². The first kappa shape index (κ1) is 21.5. The molecule has 6 nitrogen and oxygen atoms in total. The van der Waals surface area contributed by atoms with Crippen LogP contribution in [0.1, 0.15) is 37.4 Å². The van der Waals surface area contributed by atoms with E-state index in [9.17, 15) is 9.59 Å². The number of esters is 1. The van der Waals surface area contributed by atoms with Crippen molar-refractivity contribution in [2.45, 2.75) is 13.5 Å². The molecule has 33 heavy (non-hydrogen) atoms. The van der Waals surface area contributed by atoms with Crippen molar-refractivity contribution in [1.82, 2.24) is 0 Å². The smallest absolute Gasteiger partial charge is 0.345 e. The molecule has 0 saturated heterocycles. The zero-order chi connectivity index (χ0) is 23.1. The predicted molar refractivity (Wildman–Crippen MR) is 122 cm³/mol. The van der Waals surface area contributed by atoms with Gasteiger partial charge in [0.2, 0.25) is 5.78 Å². The average molecular weight is 483 g/mol. The second-order valence-corrected chi connectivity index (χ2v) is 8.31. The van der Waals surface area contributed by atoms with Gasteiger partial charge in [0.1, 0.15) is 17.2 Å². The number of allylic oxidation sites excluding steroid dienone is 1. The van der Waals surface area contributed by atoms with E-state index in [1.807, 2.05) is 0 Å². The summed E-state index contributed by atoms with van der Waals surface area (Å²) in [6, 6.07) is 13.2. The second-order valence-electron chi connectivity index (χ2n) is 7.47. The van der Waals surface area contributed by atoms with E-state index < -0.39 is 5.97 Å². The summed E-state index contributed by atoms with van der Waals surface area (Å²) in [5.74, 6) is 0.412. The number of carbonyl (C=O) groups is 2. The van der Waals surface area contributed by atoms with Gasteiger partial charge in [0.25, 0.3) is 0 Å². The van der Waals surface area contributed by atoms with Crippen LogP contribution in [0, 0.1) is 6.92 Å². The molecule has 0 unspecified atom stereocenters. The number of ketones is 1. The van der Waals surface area contributed by atoms with Crippen LogP contribution in [0.2, 0.25) is 10.0 Å². The van der Waals surface area contributed by atoms with Gasteiger partial charge in [0.15, 0.2) is 12.6 Å². The van der Waals surface area contributed by atoms with Crippen molar-refractivity contribution >= 4 is 41.0 Å². The standard InChI is InChI=1S/C25H16Cl2O6/c1-13-20(33-25(29)17-4-2-3-5-19(17)27)7-6-18-22(28)21(32-23(13)18)10-14-8-16(26)9-15-11-30-12-31-24(14)15/h2-10H,11-12H2,1H3/b21-10-. The fourth-order valence-corrected chi connectivity index (χ4v) is 4.18. The summed E-state index contributed by atoms with van der Waals surface area (Å²) in [6.07, 6.45) is 1.59. The summed E-state index contributed by atoms with van der Waals surface area (Å²) < 4.78 is 22.3. The predicted octanol–water partition coefficient (Wildman–Crippen LogP) is 6.00. The van der Waals surface area contributed by atoms with E-state index in [0.29, 0.717) is 39.8 Å². The van der Waals surface area contributed by atoms with Crippen molar-refractivity contribution in [1.29, 1.82) is 0 Å². The Labute approximate surface area is 199 Å². The molecule has 3 aromatic rings. The van der Waals surface area contributed by atoms with Gasteiger partial charge in [-0.25, -0.2) is 4.79 Å². The molecule has 2 aliphatic heterocycles. The number of benzene rings is 3. The van der Waals surface area contributed by atoms with Crippen LogP contribution in [-0.4, -0.2) is 18.5 Å². The third-order valence-electron chi connectivity index (χ3n) is 5.32. The normalized spacial score (nSPS) is 15.5. The summed E-state index contributed by atoms with van der Waals surface area (Å²) in [6.45, 7) is 2.19. The monoisotopic (exact) mass is 482 g/mol. The van der Waals surface area contributed by atoms with Crippen LogP contribution in [0.4, 0.5) is 0 Å². The molecule has 3 aromatic carbocycles. The minimum absolute atomic E-state index is 0.110. The van der Waals surface area contributed by atoms with Crippen molar-refractivity contribution in [3.63, 3.8) is 0 Å². The fourth-order valence-electron chi connectivity index (χ4n) is 3.72. The second kappa shape index (κ2) is 8.56. The molecule has 0 aromatic heterocycles. The molecule has 0 spiro atoms. The Balaban J connectivity index is 1.46. The summed E-state index contributed by atoms with van der Waals surface area (Å²) in [7, 11) is 0. The number of hydrogen-bond donors (Lipinski definition) is 0. The number of Topliss-reactive ketones (excluding diaryl/α,β-unsaturated/α-hetero) is 1. The van der Waals surface area contributed by atoms with Crippen LogP contribution in [0.3, 0.4) is 0 Å². The van der Waals surface area contributed by atoms with E-state index in [1.54, 1.807) is 61.5 Å². The highest BCUT2D eigenvalue weighted by Gasteiger charge is 2.31. The summed E-state index contributed by atoms with van der Waals surface area (Å²) >= 11 is 12.3. The Morgan fingerprint density at radius 2 is 1.91 bits per heavy atom. The van der Waals surface area contributed by atoms with E-state index in [0.717, 1.165) is 5.56 Å². The number of halogens is 2. The van der Waals surface area contributed by atoms with E-state index in [4.69, 9.17) is 42.1 Å². The summed E-state index contributed by atoms with van der Waals surface area (Å²) in [5.41, 5.74) is 2.53. The van der Waals surface area contributed by atoms with Gasteiger partial charge in [-0.05, 0) is 49.4 Å². The molecule has 0 N–H and O–H groups in total. The lowest BCUT2D eigenvalue weighted by Gasteiger charge is -2.20. The fraction of sp³-hybridized carbons (Fsp3) is 0.120. The highest BCUT2D eigenvalue weighted by molar-refractivity contribution is 6.33. The lowest BCUT2D eigenvalue weighted by Crippen LogP contribution is -2.12. The number of ether oxygens (including phenoxy) is 4. The molecule has 0 fully saturated rings. The molecule has 0 saturated carbocycles. The molecular formula is C25H16Cl2O6. The van der Waals surface area contributed by atoms with Crippen LogP contribution < -0.4 is 14.2 Å². The van der Waals surface area contributed by atoms with Crippen LogP contribution in [0.15, 0.2) is 54.3 Å². The minimum atomic E-state index is -0.603. The average Bonchev–Trinajstić information content (AvgIpc) is 3.12. The van der Waals surface area contributed by atoms with E-state index in [-0.39, 0.29) is 34.7 Å². The van der Waals surface area contributed by atoms with E-state index >= 15 is 0 Å². The molecule has 166 valence electrons. The highest BCUT2D eigenvalue weighted by Crippen LogP contribution is 2.41. The lowest BCUT2D eigenvalue weighted by atomic mass is 10.0. The SMILES string of the molecule is Cc1c(OC(=O)c2ccccc2Cl)ccc2c1O/C(=C\c1cc(Cl)cc3c1OCOC3)C2=O. The zero-order valence-corrected chi connectivity index (χ0v) is 18.8. The van der Waals surface area contributed by atoms with E-state index in [1.165, 1.54) is 0 Å². The third-order valence-corrected chi connectivity index (χ3v) is 5.87. The topological polar surface area (TPSA) is 71.1 Å². The van der Waals surface area contributed by atoms with Crippen LogP contribution in [-0.2, 0) is 11.3 Å². The van der Waals surface area contributed by atoms with Crippen LogP contribution in [0.25, 0.3) is 6.08 Å². The van der Waals surface area contributed by atoms with Gasteiger partial charge in [0, 0.05) is 21.7 Å². The molecule has 8 heteroatoms. The molecule has 2 heterocycles. The first-order valence-electron chi connectivity index (χ1n) is 10.00. The quantitative estimate of drug-likeness (QED) is 0.259. The van der Waals surface area contributed by atoms with Crippen molar-refractivity contribution in [2.24, 2.45) is 0 Å². The van der Waals surface area contributed by atoms with Crippen LogP contribution >= 0.6 is 23.2 Å². The third kappa shape index (κ3) is 3.97. The largest absolute Gasteiger partial charge is 0.467 e. The lowest BCUT2D eigenvalue weighted by molar-refractivity contribution is -0.0165. The molecule has 0 amide bonds. The molecule has 0 aliphatic carbocycles. The number of rotatable bonds is 3. The van der Waals surface area contributed by atoms with Gasteiger partial charge >= 0.3 is 5.97 Å². The maximum atomic E-state index is 13.0. The maximum absolute atomic E-state index is 13.0. The molecule has 0 atom stereocenters. The molecule has 0 radical (unpaired) electrons. The molecular weight excluding hydrogens is 467 g/mol. The van der Waals surface area contributed by atoms with Gasteiger partial charge in [0.05, 0.1) is 22.8 Å². The maximum Gasteiger partial charge on any atom is 0.345 e. The van der Waals surface area contributed by atoms with Gasteiger partial charge in [-0.1, -0.05) is 35.3 Å². The number of hydrogen-bond acceptors (Lipinski definition) is 6. The zero-order valence-electron chi connectivity index (χ0n) is 17.3. The molecule has 5 rings (SSSR count). The van der Waals surface area contributed by atoms with Crippen molar-refractivity contribution in [2.75, 3.05) is 6.79 Å². The Morgan fingerprint density at radius 3 is 2.73 bits per heavy atom. The van der Waals surface area contributed by atoms with Crippen molar-refractivity contribution < 1.29 is 28.5 Å². The van der Waals surface area contributed by atoms with Gasteiger partial charge in [-0.3, -0.25) is 4.79 Å². The Kier molecular flexibility index (Phi) is 5.58. The first-order valence-corrected chi connectivity index (χ1v) is 10.8. The molecule has 2 aliphatic rings.